The Morgan fingerprint density at radius 2 is 1.87 bits per heavy atom. The van der Waals surface area contributed by atoms with Crippen molar-refractivity contribution in [1.82, 2.24) is 0 Å². The summed E-state index contributed by atoms with van der Waals surface area (Å²) < 4.78 is -0.621. The molecule has 1 fully saturated rings. The minimum atomic E-state index is -0.690. The summed E-state index contributed by atoms with van der Waals surface area (Å²) in [7, 11) is 0. The average Bonchev–Trinajstić information content (AvgIpc) is 2.18. The van der Waals surface area contributed by atoms with Crippen LogP contribution < -0.4 is 0 Å². The summed E-state index contributed by atoms with van der Waals surface area (Å²) in [6.07, 6.45) is 6.23. The number of hydrogen-bond donors (Lipinski definition) is 1. The van der Waals surface area contributed by atoms with E-state index < -0.39 is 10.7 Å². The van der Waals surface area contributed by atoms with Gasteiger partial charge in [-0.2, -0.15) is 0 Å². The molecular weight excluding hydrogens is 208 g/mol. The molecule has 1 rings (SSSR count). The second kappa shape index (κ2) is 5.24. The predicted molar refractivity (Wildman–Crippen MR) is 65.3 cm³/mol. The summed E-state index contributed by atoms with van der Waals surface area (Å²) >= 11 is 1.64. The zero-order chi connectivity index (χ0) is 11.5. The molecule has 0 saturated heterocycles. The zero-order valence-corrected chi connectivity index (χ0v) is 10.8. The van der Waals surface area contributed by atoms with Crippen molar-refractivity contribution in [2.45, 2.75) is 62.9 Å². The molecule has 0 aliphatic heterocycles. The van der Waals surface area contributed by atoms with Crippen molar-refractivity contribution in [2.24, 2.45) is 5.92 Å². The van der Waals surface area contributed by atoms with Crippen LogP contribution >= 0.6 is 11.8 Å². The van der Waals surface area contributed by atoms with Crippen LogP contribution in [0.1, 0.15) is 52.9 Å². The van der Waals surface area contributed by atoms with Crippen molar-refractivity contribution >= 4 is 17.7 Å². The van der Waals surface area contributed by atoms with Gasteiger partial charge in [0.15, 0.2) is 0 Å². The number of carboxylic acid groups (broad SMARTS) is 1. The van der Waals surface area contributed by atoms with Gasteiger partial charge in [0.05, 0.1) is 0 Å². The van der Waals surface area contributed by atoms with Crippen LogP contribution in [0.3, 0.4) is 0 Å². The van der Waals surface area contributed by atoms with Crippen LogP contribution in [0, 0.1) is 5.92 Å². The third-order valence-electron chi connectivity index (χ3n) is 3.35. The molecule has 0 aromatic carbocycles. The predicted octanol–water partition coefficient (Wildman–Crippen LogP) is 3.55. The van der Waals surface area contributed by atoms with Crippen LogP contribution in [0.5, 0.6) is 0 Å². The highest BCUT2D eigenvalue weighted by Crippen LogP contribution is 2.39. The SMILES string of the molecule is CCC1CCC(SC(C)(C)C(=O)O)CC1. The average molecular weight is 230 g/mol. The molecule has 0 aromatic heterocycles. The van der Waals surface area contributed by atoms with Crippen molar-refractivity contribution in [3.05, 3.63) is 0 Å². The van der Waals surface area contributed by atoms with E-state index in [1.165, 1.54) is 32.1 Å². The van der Waals surface area contributed by atoms with Gasteiger partial charge in [-0.1, -0.05) is 13.3 Å². The van der Waals surface area contributed by atoms with Gasteiger partial charge >= 0.3 is 5.97 Å². The van der Waals surface area contributed by atoms with Gasteiger partial charge in [0.2, 0.25) is 0 Å². The van der Waals surface area contributed by atoms with Gasteiger partial charge in [0.1, 0.15) is 4.75 Å². The smallest absolute Gasteiger partial charge is 0.319 e. The maximum Gasteiger partial charge on any atom is 0.319 e. The molecule has 0 unspecified atom stereocenters. The third-order valence-corrected chi connectivity index (χ3v) is 4.92. The number of carboxylic acids is 1. The van der Waals surface area contributed by atoms with Crippen LogP contribution in [0.15, 0.2) is 0 Å². The minimum absolute atomic E-state index is 0.555. The molecule has 0 spiro atoms. The van der Waals surface area contributed by atoms with Crippen molar-refractivity contribution in [3.8, 4) is 0 Å². The molecule has 0 radical (unpaired) electrons. The highest BCUT2D eigenvalue weighted by molar-refractivity contribution is 8.01. The van der Waals surface area contributed by atoms with Crippen LogP contribution in [0.2, 0.25) is 0 Å². The van der Waals surface area contributed by atoms with E-state index in [0.29, 0.717) is 5.25 Å². The van der Waals surface area contributed by atoms with Gasteiger partial charge in [-0.05, 0) is 45.4 Å². The first-order valence-corrected chi connectivity index (χ1v) is 6.75. The Morgan fingerprint density at radius 3 is 2.27 bits per heavy atom. The first kappa shape index (κ1) is 12.9. The van der Waals surface area contributed by atoms with Gasteiger partial charge in [-0.15, -0.1) is 11.8 Å². The molecule has 15 heavy (non-hydrogen) atoms. The molecule has 0 atom stereocenters. The Kier molecular flexibility index (Phi) is 4.50. The molecule has 2 nitrogen and oxygen atoms in total. The van der Waals surface area contributed by atoms with Crippen molar-refractivity contribution in [1.29, 1.82) is 0 Å². The van der Waals surface area contributed by atoms with Crippen molar-refractivity contribution in [2.75, 3.05) is 0 Å². The minimum Gasteiger partial charge on any atom is -0.480 e. The van der Waals surface area contributed by atoms with Gasteiger partial charge in [0.25, 0.3) is 0 Å². The summed E-state index contributed by atoms with van der Waals surface area (Å²) in [6.45, 7) is 5.87. The van der Waals surface area contributed by atoms with Crippen LogP contribution in [0.4, 0.5) is 0 Å². The topological polar surface area (TPSA) is 37.3 Å². The van der Waals surface area contributed by atoms with E-state index in [9.17, 15) is 4.79 Å². The van der Waals surface area contributed by atoms with E-state index in [0.717, 1.165) is 5.92 Å². The fraction of sp³-hybridized carbons (Fsp3) is 0.917. The van der Waals surface area contributed by atoms with Crippen molar-refractivity contribution in [3.63, 3.8) is 0 Å². The fourth-order valence-electron chi connectivity index (χ4n) is 2.13. The first-order chi connectivity index (χ1) is 6.95. The zero-order valence-electron chi connectivity index (χ0n) is 9.95. The second-order valence-electron chi connectivity index (χ2n) is 4.98. The van der Waals surface area contributed by atoms with E-state index in [4.69, 9.17) is 5.11 Å². The lowest BCUT2D eigenvalue weighted by Gasteiger charge is -2.31. The number of thioether (sulfide) groups is 1. The maximum absolute atomic E-state index is 11.0. The third kappa shape index (κ3) is 3.71. The van der Waals surface area contributed by atoms with Crippen molar-refractivity contribution < 1.29 is 9.90 Å². The normalized spacial score (nSPS) is 27.7. The Balaban J connectivity index is 2.38. The van der Waals surface area contributed by atoms with E-state index in [2.05, 4.69) is 6.92 Å². The summed E-state index contributed by atoms with van der Waals surface area (Å²) in [4.78, 5) is 11.0. The highest BCUT2D eigenvalue weighted by Gasteiger charge is 2.32. The quantitative estimate of drug-likeness (QED) is 0.802. The molecule has 3 heteroatoms. The molecule has 0 heterocycles. The summed E-state index contributed by atoms with van der Waals surface area (Å²) in [5.41, 5.74) is 0. The van der Waals surface area contributed by atoms with Gasteiger partial charge < -0.3 is 5.11 Å². The maximum atomic E-state index is 11.0. The van der Waals surface area contributed by atoms with Crippen LogP contribution in [0.25, 0.3) is 0 Å². The largest absolute Gasteiger partial charge is 0.480 e. The molecule has 1 aliphatic carbocycles. The number of rotatable bonds is 4. The second-order valence-corrected chi connectivity index (χ2v) is 6.91. The fourth-order valence-corrected chi connectivity index (χ4v) is 3.57. The van der Waals surface area contributed by atoms with Gasteiger partial charge in [-0.3, -0.25) is 4.79 Å². The highest BCUT2D eigenvalue weighted by atomic mass is 32.2. The summed E-state index contributed by atoms with van der Waals surface area (Å²) in [5, 5.41) is 9.60. The summed E-state index contributed by atoms with van der Waals surface area (Å²) in [6, 6.07) is 0. The lowest BCUT2D eigenvalue weighted by Crippen LogP contribution is -2.31. The molecule has 1 N–H and O–H groups in total. The standard InChI is InChI=1S/C12H22O2S/c1-4-9-5-7-10(8-6-9)15-12(2,3)11(13)14/h9-10H,4-8H2,1-3H3,(H,13,14). The van der Waals surface area contributed by atoms with E-state index in [1.54, 1.807) is 11.8 Å². The lowest BCUT2D eigenvalue weighted by atomic mass is 9.87. The lowest BCUT2D eigenvalue weighted by molar-refractivity contribution is -0.138. The monoisotopic (exact) mass is 230 g/mol. The van der Waals surface area contributed by atoms with E-state index >= 15 is 0 Å². The molecule has 1 saturated carbocycles. The van der Waals surface area contributed by atoms with E-state index in [1.807, 2.05) is 13.8 Å². The molecule has 0 aromatic rings. The van der Waals surface area contributed by atoms with E-state index in [-0.39, 0.29) is 0 Å². The molecular formula is C12H22O2S. The van der Waals surface area contributed by atoms with Crippen LogP contribution in [-0.4, -0.2) is 21.1 Å². The summed E-state index contributed by atoms with van der Waals surface area (Å²) in [5.74, 6) is 0.194. The number of aliphatic carboxylic acids is 1. The number of hydrogen-bond acceptors (Lipinski definition) is 2. The number of carbonyl (C=O) groups is 1. The van der Waals surface area contributed by atoms with Crippen LogP contribution in [-0.2, 0) is 4.79 Å². The Bertz CT molecular complexity index is 218. The van der Waals surface area contributed by atoms with Gasteiger partial charge in [-0.25, -0.2) is 0 Å². The Morgan fingerprint density at radius 1 is 1.33 bits per heavy atom. The Hall–Kier alpha value is -0.180. The van der Waals surface area contributed by atoms with Gasteiger partial charge in [0, 0.05) is 5.25 Å². The first-order valence-electron chi connectivity index (χ1n) is 5.87. The molecule has 88 valence electrons. The molecule has 1 aliphatic rings. The molecule has 0 amide bonds. The molecule has 0 bridgehead atoms. The Labute approximate surface area is 96.8 Å².